The number of nitrogens with one attached hydrogen (secondary N) is 1. The number of rotatable bonds is 1. The number of amides is 1. The van der Waals surface area contributed by atoms with E-state index in [0.29, 0.717) is 17.7 Å². The van der Waals surface area contributed by atoms with E-state index in [4.69, 9.17) is 0 Å². The molecule has 14 heavy (non-hydrogen) atoms. The Hall–Kier alpha value is -0.570. The van der Waals surface area contributed by atoms with Gasteiger partial charge in [-0.2, -0.15) is 0 Å². The maximum Gasteiger partial charge on any atom is 0.225 e. The van der Waals surface area contributed by atoms with Gasteiger partial charge in [-0.25, -0.2) is 0 Å². The number of likely N-dealkylation sites (tertiary alicyclic amines) is 1. The first-order valence-corrected chi connectivity index (χ1v) is 5.75. The van der Waals surface area contributed by atoms with Crippen LogP contribution >= 0.6 is 0 Å². The van der Waals surface area contributed by atoms with E-state index in [1.165, 1.54) is 0 Å². The highest BCUT2D eigenvalue weighted by molar-refractivity contribution is 5.81. The monoisotopic (exact) mass is 194 g/mol. The van der Waals surface area contributed by atoms with Crippen LogP contribution in [0, 0.1) is 23.7 Å². The molecule has 1 N–H and O–H groups in total. The molecule has 2 heterocycles. The van der Waals surface area contributed by atoms with Crippen molar-refractivity contribution >= 4 is 5.91 Å². The fourth-order valence-corrected chi connectivity index (χ4v) is 2.94. The fourth-order valence-electron chi connectivity index (χ4n) is 2.94. The SMILES string of the molecule is C[C@H]1C[C@H]1C(=O)N1CC2CNCC2C1. The summed E-state index contributed by atoms with van der Waals surface area (Å²) in [6.07, 6.45) is 1.13. The summed E-state index contributed by atoms with van der Waals surface area (Å²) in [4.78, 5) is 14.1. The summed E-state index contributed by atoms with van der Waals surface area (Å²) in [7, 11) is 0. The molecule has 0 aromatic rings. The lowest BCUT2D eigenvalue weighted by Crippen LogP contribution is -2.33. The van der Waals surface area contributed by atoms with Crippen molar-refractivity contribution in [2.75, 3.05) is 26.2 Å². The molecule has 78 valence electrons. The molecule has 1 aliphatic carbocycles. The first-order chi connectivity index (χ1) is 6.75. The van der Waals surface area contributed by atoms with Crippen LogP contribution in [0.2, 0.25) is 0 Å². The van der Waals surface area contributed by atoms with Crippen molar-refractivity contribution in [2.45, 2.75) is 13.3 Å². The second kappa shape index (κ2) is 2.96. The number of fused-ring (bicyclic) bond motifs is 1. The minimum Gasteiger partial charge on any atom is -0.342 e. The Bertz CT molecular complexity index is 254. The van der Waals surface area contributed by atoms with Crippen LogP contribution in [0.5, 0.6) is 0 Å². The van der Waals surface area contributed by atoms with Crippen LogP contribution in [0.25, 0.3) is 0 Å². The third-order valence-corrected chi connectivity index (χ3v) is 4.13. The molecule has 3 heteroatoms. The predicted octanol–water partition coefficient (Wildman–Crippen LogP) is 0.320. The third kappa shape index (κ3) is 1.26. The first-order valence-electron chi connectivity index (χ1n) is 5.75. The Morgan fingerprint density at radius 3 is 2.36 bits per heavy atom. The first kappa shape index (κ1) is 8.72. The molecule has 3 aliphatic rings. The largest absolute Gasteiger partial charge is 0.342 e. The number of hydrogen-bond donors (Lipinski definition) is 1. The summed E-state index contributed by atoms with van der Waals surface area (Å²) in [5, 5.41) is 3.40. The smallest absolute Gasteiger partial charge is 0.225 e. The molecule has 1 saturated carbocycles. The fraction of sp³-hybridized carbons (Fsp3) is 0.909. The molecule has 3 rings (SSSR count). The zero-order chi connectivity index (χ0) is 9.71. The number of hydrogen-bond acceptors (Lipinski definition) is 2. The molecule has 0 aromatic heterocycles. The quantitative estimate of drug-likeness (QED) is 0.652. The molecular weight excluding hydrogens is 176 g/mol. The average molecular weight is 194 g/mol. The minimum atomic E-state index is 0.377. The normalized spacial score (nSPS) is 45.4. The van der Waals surface area contributed by atoms with Crippen molar-refractivity contribution < 1.29 is 4.79 Å². The summed E-state index contributed by atoms with van der Waals surface area (Å²) >= 11 is 0. The summed E-state index contributed by atoms with van der Waals surface area (Å²) < 4.78 is 0. The van der Waals surface area contributed by atoms with E-state index in [1.54, 1.807) is 0 Å². The van der Waals surface area contributed by atoms with Crippen LogP contribution in [0.3, 0.4) is 0 Å². The second-order valence-electron chi connectivity index (χ2n) is 5.24. The molecule has 2 saturated heterocycles. The lowest BCUT2D eigenvalue weighted by atomic mass is 10.0. The third-order valence-electron chi connectivity index (χ3n) is 4.13. The highest BCUT2D eigenvalue weighted by Gasteiger charge is 2.45. The number of carbonyl (C=O) groups excluding carboxylic acids is 1. The van der Waals surface area contributed by atoms with Gasteiger partial charge in [-0.1, -0.05) is 6.92 Å². The van der Waals surface area contributed by atoms with Crippen molar-refractivity contribution in [3.63, 3.8) is 0 Å². The van der Waals surface area contributed by atoms with Gasteiger partial charge >= 0.3 is 0 Å². The molecule has 2 aliphatic heterocycles. The highest BCUT2D eigenvalue weighted by atomic mass is 16.2. The molecule has 2 unspecified atom stereocenters. The summed E-state index contributed by atoms with van der Waals surface area (Å²) in [5.74, 6) is 2.95. The standard InChI is InChI=1S/C11H18N2O/c1-7-2-10(7)11(14)13-5-8-3-12-4-9(8)6-13/h7-10,12H,2-6H2,1H3/t7-,8?,9?,10+/m0/s1. The van der Waals surface area contributed by atoms with Crippen LogP contribution in [0.1, 0.15) is 13.3 Å². The van der Waals surface area contributed by atoms with Crippen molar-refractivity contribution in [2.24, 2.45) is 23.7 Å². The molecule has 0 spiro atoms. The summed E-state index contributed by atoms with van der Waals surface area (Å²) in [5.41, 5.74) is 0. The molecule has 1 amide bonds. The Morgan fingerprint density at radius 1 is 1.29 bits per heavy atom. The van der Waals surface area contributed by atoms with Crippen LogP contribution in [0.15, 0.2) is 0 Å². The van der Waals surface area contributed by atoms with Crippen molar-refractivity contribution in [3.8, 4) is 0 Å². The van der Waals surface area contributed by atoms with E-state index in [-0.39, 0.29) is 0 Å². The van der Waals surface area contributed by atoms with Gasteiger partial charge in [0, 0.05) is 32.1 Å². The molecule has 0 bridgehead atoms. The van der Waals surface area contributed by atoms with Crippen LogP contribution < -0.4 is 5.32 Å². The minimum absolute atomic E-state index is 0.377. The van der Waals surface area contributed by atoms with Crippen molar-refractivity contribution in [1.29, 1.82) is 0 Å². The molecule has 3 nitrogen and oxygen atoms in total. The summed E-state index contributed by atoms with van der Waals surface area (Å²) in [6, 6.07) is 0. The van der Waals surface area contributed by atoms with E-state index in [0.717, 1.165) is 44.4 Å². The number of carbonyl (C=O) groups is 1. The molecule has 0 radical (unpaired) electrons. The van der Waals surface area contributed by atoms with Gasteiger partial charge in [0.15, 0.2) is 0 Å². The van der Waals surface area contributed by atoms with Crippen LogP contribution in [-0.2, 0) is 4.79 Å². The molecule has 0 aromatic carbocycles. The average Bonchev–Trinajstić information content (AvgIpc) is 2.62. The van der Waals surface area contributed by atoms with Crippen LogP contribution in [-0.4, -0.2) is 37.0 Å². The zero-order valence-corrected chi connectivity index (χ0v) is 8.70. The maximum atomic E-state index is 12.0. The lowest BCUT2D eigenvalue weighted by molar-refractivity contribution is -0.132. The van der Waals surface area contributed by atoms with Gasteiger partial charge in [-0.05, 0) is 24.2 Å². The molecule has 4 atom stereocenters. The van der Waals surface area contributed by atoms with E-state index < -0.39 is 0 Å². The van der Waals surface area contributed by atoms with Crippen molar-refractivity contribution in [3.05, 3.63) is 0 Å². The highest BCUT2D eigenvalue weighted by Crippen LogP contribution is 2.40. The Morgan fingerprint density at radius 2 is 1.86 bits per heavy atom. The lowest BCUT2D eigenvalue weighted by Gasteiger charge is -2.17. The van der Waals surface area contributed by atoms with Gasteiger partial charge in [0.05, 0.1) is 0 Å². The Balaban J connectivity index is 1.62. The van der Waals surface area contributed by atoms with E-state index in [9.17, 15) is 4.79 Å². The van der Waals surface area contributed by atoms with Gasteiger partial charge in [-0.15, -0.1) is 0 Å². The van der Waals surface area contributed by atoms with Crippen LogP contribution in [0.4, 0.5) is 0 Å². The maximum absolute atomic E-state index is 12.0. The topological polar surface area (TPSA) is 32.3 Å². The number of nitrogens with zero attached hydrogens (tertiary/aromatic N) is 1. The van der Waals surface area contributed by atoms with E-state index in [1.807, 2.05) is 0 Å². The summed E-state index contributed by atoms with van der Waals surface area (Å²) in [6.45, 7) is 6.45. The molecule has 3 fully saturated rings. The van der Waals surface area contributed by atoms with Gasteiger partial charge in [0.2, 0.25) is 5.91 Å². The van der Waals surface area contributed by atoms with E-state index >= 15 is 0 Å². The van der Waals surface area contributed by atoms with Gasteiger partial charge in [0.25, 0.3) is 0 Å². The molecular formula is C11H18N2O. The Labute approximate surface area is 84.8 Å². The van der Waals surface area contributed by atoms with Gasteiger partial charge in [-0.3, -0.25) is 4.79 Å². The van der Waals surface area contributed by atoms with Crippen molar-refractivity contribution in [1.82, 2.24) is 10.2 Å². The Kier molecular flexibility index (Phi) is 1.84. The van der Waals surface area contributed by atoms with Gasteiger partial charge < -0.3 is 10.2 Å². The van der Waals surface area contributed by atoms with Gasteiger partial charge in [0.1, 0.15) is 0 Å². The predicted molar refractivity (Wildman–Crippen MR) is 53.7 cm³/mol. The van der Waals surface area contributed by atoms with E-state index in [2.05, 4.69) is 17.1 Å². The zero-order valence-electron chi connectivity index (χ0n) is 8.70. The second-order valence-corrected chi connectivity index (χ2v) is 5.24.